The van der Waals surface area contributed by atoms with E-state index in [-0.39, 0.29) is 11.9 Å². The summed E-state index contributed by atoms with van der Waals surface area (Å²) in [5.74, 6) is -0.282. The summed E-state index contributed by atoms with van der Waals surface area (Å²) in [4.78, 5) is 8.30. The lowest BCUT2D eigenvalue weighted by Gasteiger charge is -2.27. The first kappa shape index (κ1) is 24.7. The number of hydrogen-bond donors (Lipinski definition) is 2. The van der Waals surface area contributed by atoms with Gasteiger partial charge in [0.2, 0.25) is 0 Å². The molecule has 5 nitrogen and oxygen atoms in total. The fourth-order valence-corrected chi connectivity index (χ4v) is 4.00. The van der Waals surface area contributed by atoms with Crippen LogP contribution in [0.4, 0.5) is 8.78 Å². The molecule has 0 radical (unpaired) electrons. The molecule has 1 aliphatic carbocycles. The molecule has 176 valence electrons. The average molecular weight is 454 g/mol. The zero-order valence-corrected chi connectivity index (χ0v) is 19.3. The van der Waals surface area contributed by atoms with E-state index >= 15 is 0 Å². The van der Waals surface area contributed by atoms with Crippen molar-refractivity contribution in [1.82, 2.24) is 19.7 Å². The van der Waals surface area contributed by atoms with E-state index in [1.165, 1.54) is 6.07 Å². The molecule has 33 heavy (non-hydrogen) atoms. The van der Waals surface area contributed by atoms with E-state index in [0.717, 1.165) is 35.9 Å². The topological polar surface area (TPSA) is 68.2 Å². The summed E-state index contributed by atoms with van der Waals surface area (Å²) in [5.41, 5.74) is 8.78. The van der Waals surface area contributed by atoms with Gasteiger partial charge in [0.25, 0.3) is 0 Å². The zero-order chi connectivity index (χ0) is 23.6. The van der Waals surface area contributed by atoms with Gasteiger partial charge < -0.3 is 15.5 Å². The monoisotopic (exact) mass is 453 g/mol. The normalized spacial score (nSPS) is 17.7. The second-order valence-electron chi connectivity index (χ2n) is 7.82. The lowest BCUT2D eigenvalue weighted by Crippen LogP contribution is -2.39. The number of hydrogen-bond acceptors (Lipinski definition) is 4. The first-order chi connectivity index (χ1) is 16.2. The van der Waals surface area contributed by atoms with Crippen molar-refractivity contribution in [3.05, 3.63) is 78.1 Å². The van der Waals surface area contributed by atoms with Crippen molar-refractivity contribution in [1.29, 1.82) is 0 Å². The number of alkyl halides is 1. The molecule has 0 unspecified atom stereocenters. The van der Waals surface area contributed by atoms with Crippen LogP contribution in [0.5, 0.6) is 0 Å². The minimum Gasteiger partial charge on any atom is -0.326 e. The molecule has 1 aromatic carbocycles. The van der Waals surface area contributed by atoms with Gasteiger partial charge >= 0.3 is 0 Å². The third-order valence-electron chi connectivity index (χ3n) is 5.73. The van der Waals surface area contributed by atoms with Gasteiger partial charge in [0.15, 0.2) is 0 Å². The highest BCUT2D eigenvalue weighted by Gasteiger charge is 2.24. The lowest BCUT2D eigenvalue weighted by atomic mass is 9.93. The molecule has 3 N–H and O–H groups in total. The largest absolute Gasteiger partial charge is 0.326 e. The molecular formula is C26H33F2N5. The Labute approximate surface area is 194 Å². The molecule has 0 saturated heterocycles. The molecule has 4 aromatic rings. The van der Waals surface area contributed by atoms with Crippen LogP contribution < -0.4 is 11.1 Å². The number of nitrogens with zero attached hydrogens (tertiary/aromatic N) is 3. The van der Waals surface area contributed by atoms with Crippen LogP contribution in [-0.4, -0.2) is 26.6 Å². The average Bonchev–Trinajstić information content (AvgIpc) is 3.34. The van der Waals surface area contributed by atoms with E-state index in [2.05, 4.69) is 15.3 Å². The highest BCUT2D eigenvalue weighted by molar-refractivity contribution is 5.79. The van der Waals surface area contributed by atoms with Crippen LogP contribution in [0.25, 0.3) is 16.6 Å². The van der Waals surface area contributed by atoms with Crippen molar-refractivity contribution in [3.8, 4) is 0 Å². The quantitative estimate of drug-likeness (QED) is 0.424. The van der Waals surface area contributed by atoms with Crippen molar-refractivity contribution in [2.75, 3.05) is 0 Å². The Hall–Kier alpha value is -2.90. The van der Waals surface area contributed by atoms with Crippen LogP contribution in [0.1, 0.15) is 50.7 Å². The Morgan fingerprint density at radius 1 is 1.03 bits per heavy atom. The summed E-state index contributed by atoms with van der Waals surface area (Å²) in [6.45, 7) is 4.91. The Morgan fingerprint density at radius 3 is 2.64 bits per heavy atom. The number of nitrogens with one attached hydrogen (secondary N) is 1. The maximum atomic E-state index is 14.0. The molecule has 7 heteroatoms. The molecule has 1 saturated carbocycles. The van der Waals surface area contributed by atoms with Crippen LogP contribution in [-0.2, 0) is 13.1 Å². The van der Waals surface area contributed by atoms with Crippen LogP contribution in [0.15, 0.2) is 61.2 Å². The van der Waals surface area contributed by atoms with Crippen LogP contribution in [0.3, 0.4) is 0 Å². The van der Waals surface area contributed by atoms with Gasteiger partial charge in [-0.3, -0.25) is 4.98 Å². The fraction of sp³-hybridized carbons (Fsp3) is 0.385. The SMILES string of the molecule is CC.Fc1cc2ncccc2cc1CN[C@@H]1CCCC[C@@H]1F.NCc1cccn2ccnc12. The number of benzene rings is 1. The number of nitrogens with two attached hydrogens (primary N) is 1. The lowest BCUT2D eigenvalue weighted by molar-refractivity contribution is 0.188. The Morgan fingerprint density at radius 2 is 1.85 bits per heavy atom. The molecule has 1 fully saturated rings. The van der Waals surface area contributed by atoms with Gasteiger partial charge in [0, 0.05) is 66.5 Å². The Balaban J connectivity index is 0.000000199. The summed E-state index contributed by atoms with van der Waals surface area (Å²) < 4.78 is 29.7. The van der Waals surface area contributed by atoms with E-state index in [4.69, 9.17) is 5.73 Å². The first-order valence-electron chi connectivity index (χ1n) is 11.7. The maximum absolute atomic E-state index is 14.0. The van der Waals surface area contributed by atoms with Crippen molar-refractivity contribution >= 4 is 16.6 Å². The van der Waals surface area contributed by atoms with Crippen molar-refractivity contribution in [2.24, 2.45) is 5.73 Å². The van der Waals surface area contributed by atoms with E-state index in [1.54, 1.807) is 18.5 Å². The minimum absolute atomic E-state index is 0.146. The molecule has 0 spiro atoms. The van der Waals surface area contributed by atoms with Gasteiger partial charge in [-0.1, -0.05) is 38.8 Å². The molecule has 2 atom stereocenters. The third kappa shape index (κ3) is 6.33. The fourth-order valence-electron chi connectivity index (χ4n) is 4.00. The van der Waals surface area contributed by atoms with E-state index in [1.807, 2.05) is 54.9 Å². The number of rotatable bonds is 4. The predicted molar refractivity (Wildman–Crippen MR) is 130 cm³/mol. The van der Waals surface area contributed by atoms with Gasteiger partial charge in [0.05, 0.1) is 5.52 Å². The van der Waals surface area contributed by atoms with E-state index in [0.29, 0.717) is 30.6 Å². The molecule has 0 bridgehead atoms. The summed E-state index contributed by atoms with van der Waals surface area (Å²) in [6, 6.07) is 10.8. The molecule has 3 aromatic heterocycles. The van der Waals surface area contributed by atoms with Gasteiger partial charge in [-0.05, 0) is 31.0 Å². The number of imidazole rings is 1. The number of pyridine rings is 2. The van der Waals surface area contributed by atoms with E-state index < -0.39 is 6.17 Å². The summed E-state index contributed by atoms with van der Waals surface area (Å²) >= 11 is 0. The standard InChI is InChI=1S/C16H18F2N2.C8H9N3.C2H6/c17-13-5-1-2-6-15(13)20-10-12-8-11-4-3-7-19-16(11)9-14(12)18;9-6-7-2-1-4-11-5-3-10-8(7)11;1-2/h3-4,7-9,13,15,20H,1-2,5-6,10H2;1-5H,6,9H2;1-2H3/t13-,15+;;/m0../s1. The van der Waals surface area contributed by atoms with Crippen LogP contribution >= 0.6 is 0 Å². The van der Waals surface area contributed by atoms with Crippen LogP contribution in [0, 0.1) is 5.82 Å². The molecular weight excluding hydrogens is 420 g/mol. The Bertz CT molecular complexity index is 1140. The number of aromatic nitrogens is 3. The van der Waals surface area contributed by atoms with Gasteiger partial charge in [-0.25, -0.2) is 13.8 Å². The molecule has 3 heterocycles. The highest BCUT2D eigenvalue weighted by atomic mass is 19.1. The molecule has 0 amide bonds. The van der Waals surface area contributed by atoms with Crippen molar-refractivity contribution in [3.63, 3.8) is 0 Å². The molecule has 1 aliphatic rings. The van der Waals surface area contributed by atoms with Gasteiger partial charge in [-0.2, -0.15) is 0 Å². The third-order valence-corrected chi connectivity index (χ3v) is 5.73. The summed E-state index contributed by atoms with van der Waals surface area (Å²) in [5, 5.41) is 4.07. The predicted octanol–water partition coefficient (Wildman–Crippen LogP) is 5.56. The maximum Gasteiger partial charge on any atom is 0.141 e. The van der Waals surface area contributed by atoms with E-state index in [9.17, 15) is 8.78 Å². The number of halogens is 2. The minimum atomic E-state index is -0.811. The molecule has 0 aliphatic heterocycles. The van der Waals surface area contributed by atoms with Gasteiger partial charge in [-0.15, -0.1) is 0 Å². The highest BCUT2D eigenvalue weighted by Crippen LogP contribution is 2.22. The zero-order valence-electron chi connectivity index (χ0n) is 19.3. The van der Waals surface area contributed by atoms with Crippen LogP contribution in [0.2, 0.25) is 0 Å². The van der Waals surface area contributed by atoms with Gasteiger partial charge in [0.1, 0.15) is 17.6 Å². The Kier molecular flexibility index (Phi) is 9.27. The first-order valence-corrected chi connectivity index (χ1v) is 11.7. The summed E-state index contributed by atoms with van der Waals surface area (Å²) in [6.07, 6.45) is 9.92. The summed E-state index contributed by atoms with van der Waals surface area (Å²) in [7, 11) is 0. The smallest absolute Gasteiger partial charge is 0.141 e. The number of fused-ring (bicyclic) bond motifs is 2. The second kappa shape index (κ2) is 12.4. The second-order valence-corrected chi connectivity index (χ2v) is 7.82. The molecule has 5 rings (SSSR count). The van der Waals surface area contributed by atoms with Crippen molar-refractivity contribution < 1.29 is 8.78 Å². The van der Waals surface area contributed by atoms with Crippen molar-refractivity contribution in [2.45, 2.75) is 64.8 Å².